The van der Waals surface area contributed by atoms with Crippen molar-refractivity contribution in [2.24, 2.45) is 4.99 Å². The van der Waals surface area contributed by atoms with Crippen LogP contribution in [0.3, 0.4) is 0 Å². The molecule has 0 radical (unpaired) electrons. The van der Waals surface area contributed by atoms with Gasteiger partial charge in [-0.1, -0.05) is 25.6 Å². The molecule has 1 atom stereocenters. The van der Waals surface area contributed by atoms with Crippen molar-refractivity contribution < 1.29 is 19.7 Å². The minimum Gasteiger partial charge on any atom is -0.508 e. The van der Waals surface area contributed by atoms with Crippen LogP contribution >= 0.6 is 23.1 Å². The second-order valence-corrected chi connectivity index (χ2v) is 6.11. The number of thiazole rings is 1. The number of phenolic OH excluding ortho intramolecular Hbond substituents is 1. The molecule has 110 valence electrons. The molecule has 0 bridgehead atoms. The number of hydrogen-bond acceptors (Lipinski definition) is 8. The summed E-state index contributed by atoms with van der Waals surface area (Å²) in [5.41, 5.74) is -0.376. The lowest BCUT2D eigenvalue weighted by Crippen LogP contribution is -2.51. The lowest BCUT2D eigenvalue weighted by atomic mass is 10.2. The van der Waals surface area contributed by atoms with Gasteiger partial charge >= 0.3 is 11.7 Å². The SMILES string of the molecule is CC.O=C1OOC12CSC(c1nc3ccc(O)cc3s1)=N2. The first-order chi connectivity index (χ1) is 10.2. The lowest BCUT2D eigenvalue weighted by Gasteiger charge is -2.28. The summed E-state index contributed by atoms with van der Waals surface area (Å²) in [5, 5.41) is 10.8. The van der Waals surface area contributed by atoms with Crippen molar-refractivity contribution in [2.45, 2.75) is 19.6 Å². The minimum absolute atomic E-state index is 0.200. The molecule has 2 aliphatic rings. The van der Waals surface area contributed by atoms with Crippen molar-refractivity contribution in [3.63, 3.8) is 0 Å². The molecule has 2 aliphatic heterocycles. The summed E-state index contributed by atoms with van der Waals surface area (Å²) in [6.45, 7) is 4.00. The van der Waals surface area contributed by atoms with Crippen LogP contribution in [-0.2, 0) is 14.6 Å². The number of fused-ring (bicyclic) bond motifs is 1. The molecule has 0 aliphatic carbocycles. The van der Waals surface area contributed by atoms with Crippen LogP contribution in [0.25, 0.3) is 10.2 Å². The zero-order chi connectivity index (χ0) is 15.0. The van der Waals surface area contributed by atoms with Gasteiger partial charge in [0.1, 0.15) is 15.8 Å². The number of carbonyl (C=O) groups is 1. The zero-order valence-corrected chi connectivity index (χ0v) is 13.0. The van der Waals surface area contributed by atoms with Gasteiger partial charge in [0.05, 0.1) is 16.0 Å². The maximum atomic E-state index is 11.3. The Morgan fingerprint density at radius 1 is 1.38 bits per heavy atom. The highest BCUT2D eigenvalue weighted by Gasteiger charge is 2.56. The van der Waals surface area contributed by atoms with Gasteiger partial charge in [0, 0.05) is 0 Å². The quantitative estimate of drug-likeness (QED) is 0.812. The molecule has 1 fully saturated rings. The topological polar surface area (TPSA) is 81.0 Å². The summed E-state index contributed by atoms with van der Waals surface area (Å²) in [4.78, 5) is 29.2. The summed E-state index contributed by atoms with van der Waals surface area (Å²) in [6, 6.07) is 4.98. The van der Waals surface area contributed by atoms with Gasteiger partial charge in [-0.2, -0.15) is 0 Å². The Morgan fingerprint density at radius 3 is 2.81 bits per heavy atom. The van der Waals surface area contributed by atoms with Crippen molar-refractivity contribution >= 4 is 44.3 Å². The Morgan fingerprint density at radius 2 is 2.19 bits per heavy atom. The Hall–Kier alpha value is -1.64. The number of thioether (sulfide) groups is 1. The fraction of sp³-hybridized carbons (Fsp3) is 0.308. The normalized spacial score (nSPS) is 23.3. The Labute approximate surface area is 128 Å². The zero-order valence-electron chi connectivity index (χ0n) is 11.3. The average Bonchev–Trinajstić information content (AvgIpc) is 3.12. The molecule has 1 aromatic carbocycles. The van der Waals surface area contributed by atoms with E-state index in [2.05, 4.69) is 14.9 Å². The van der Waals surface area contributed by atoms with E-state index in [0.29, 0.717) is 15.8 Å². The molecular formula is C13H12N2O4S2. The standard InChI is InChI=1S/C11H6N2O4S2.C2H6/c14-5-1-2-6-7(3-5)19-8(12-6)9-13-11(4-18-9)10(15)16-17-11;1-2/h1-3,14H,4H2;1-2H3. The van der Waals surface area contributed by atoms with Crippen molar-refractivity contribution in [1.82, 2.24) is 4.98 Å². The Kier molecular flexibility index (Phi) is 3.60. The predicted molar refractivity (Wildman–Crippen MR) is 81.5 cm³/mol. The van der Waals surface area contributed by atoms with E-state index in [0.717, 1.165) is 10.2 Å². The number of aromatic hydroxyl groups is 1. The molecular weight excluding hydrogens is 312 g/mol. The molecule has 1 N–H and O–H groups in total. The smallest absolute Gasteiger partial charge is 0.401 e. The Bertz CT molecular complexity index is 743. The largest absolute Gasteiger partial charge is 0.508 e. The monoisotopic (exact) mass is 324 g/mol. The number of benzene rings is 1. The summed E-state index contributed by atoms with van der Waals surface area (Å²) < 4.78 is 0.872. The van der Waals surface area contributed by atoms with E-state index in [4.69, 9.17) is 4.89 Å². The summed E-state index contributed by atoms with van der Waals surface area (Å²) >= 11 is 2.83. The number of carbonyl (C=O) groups excluding carboxylic acids is 1. The third-order valence-corrected chi connectivity index (χ3v) is 5.06. The first kappa shape index (κ1) is 14.3. The number of aliphatic imine (C=N–C) groups is 1. The third-order valence-electron chi connectivity index (χ3n) is 2.82. The van der Waals surface area contributed by atoms with Crippen LogP contribution < -0.4 is 0 Å². The molecule has 6 nitrogen and oxygen atoms in total. The fourth-order valence-electron chi connectivity index (χ4n) is 1.83. The van der Waals surface area contributed by atoms with Crippen LogP contribution in [0, 0.1) is 0 Å². The second kappa shape index (κ2) is 5.28. The lowest BCUT2D eigenvalue weighted by molar-refractivity contribution is -0.392. The molecule has 0 amide bonds. The molecule has 8 heteroatoms. The summed E-state index contributed by atoms with van der Waals surface area (Å²) in [6.07, 6.45) is 0. The highest BCUT2D eigenvalue weighted by atomic mass is 32.2. The van der Waals surface area contributed by atoms with Gasteiger partial charge < -0.3 is 5.11 Å². The van der Waals surface area contributed by atoms with Crippen LogP contribution in [-0.4, -0.2) is 32.6 Å². The third kappa shape index (κ3) is 2.29. The van der Waals surface area contributed by atoms with E-state index < -0.39 is 11.7 Å². The molecule has 1 saturated heterocycles. The average molecular weight is 324 g/mol. The van der Waals surface area contributed by atoms with Crippen molar-refractivity contribution in [3.05, 3.63) is 23.2 Å². The van der Waals surface area contributed by atoms with Crippen LogP contribution in [0.2, 0.25) is 0 Å². The molecule has 2 aromatic rings. The predicted octanol–water partition coefficient (Wildman–Crippen LogP) is 2.71. The van der Waals surface area contributed by atoms with E-state index in [9.17, 15) is 9.90 Å². The van der Waals surface area contributed by atoms with E-state index in [1.54, 1.807) is 18.2 Å². The molecule has 4 rings (SSSR count). The summed E-state index contributed by atoms with van der Waals surface area (Å²) in [7, 11) is 0. The number of nitrogens with zero attached hydrogens (tertiary/aromatic N) is 2. The molecule has 1 spiro atoms. The van der Waals surface area contributed by atoms with Crippen LogP contribution in [0.5, 0.6) is 5.75 Å². The van der Waals surface area contributed by atoms with Crippen LogP contribution in [0.15, 0.2) is 23.2 Å². The van der Waals surface area contributed by atoms with Gasteiger partial charge in [0.25, 0.3) is 0 Å². The number of hydrogen-bond donors (Lipinski definition) is 1. The van der Waals surface area contributed by atoms with Crippen molar-refractivity contribution in [3.8, 4) is 5.75 Å². The van der Waals surface area contributed by atoms with Crippen molar-refractivity contribution in [1.29, 1.82) is 0 Å². The van der Waals surface area contributed by atoms with Gasteiger partial charge in [-0.25, -0.2) is 14.8 Å². The number of phenols is 1. The minimum atomic E-state index is -1.17. The summed E-state index contributed by atoms with van der Waals surface area (Å²) in [5.74, 6) is 0.141. The first-order valence-electron chi connectivity index (χ1n) is 6.39. The highest BCUT2D eigenvalue weighted by molar-refractivity contribution is 8.15. The maximum Gasteiger partial charge on any atom is 0.401 e. The van der Waals surface area contributed by atoms with E-state index in [-0.39, 0.29) is 5.75 Å². The number of aromatic nitrogens is 1. The molecule has 1 aromatic heterocycles. The molecule has 21 heavy (non-hydrogen) atoms. The fourth-order valence-corrected chi connectivity index (χ4v) is 3.96. The van der Waals surface area contributed by atoms with Gasteiger partial charge in [0.2, 0.25) is 0 Å². The van der Waals surface area contributed by atoms with Gasteiger partial charge in [0.15, 0.2) is 0 Å². The molecule has 1 unspecified atom stereocenters. The van der Waals surface area contributed by atoms with Gasteiger partial charge in [-0.05, 0) is 18.2 Å². The van der Waals surface area contributed by atoms with Gasteiger partial charge in [-0.3, -0.25) is 4.89 Å². The van der Waals surface area contributed by atoms with E-state index in [1.165, 1.54) is 23.1 Å². The van der Waals surface area contributed by atoms with Gasteiger partial charge in [-0.15, -0.1) is 16.2 Å². The van der Waals surface area contributed by atoms with Crippen LogP contribution in [0.4, 0.5) is 0 Å². The van der Waals surface area contributed by atoms with Crippen molar-refractivity contribution in [2.75, 3.05) is 5.75 Å². The maximum absolute atomic E-state index is 11.3. The first-order valence-corrected chi connectivity index (χ1v) is 8.19. The van der Waals surface area contributed by atoms with E-state index >= 15 is 0 Å². The Balaban J connectivity index is 0.000000636. The molecule has 0 saturated carbocycles. The second-order valence-electron chi connectivity index (χ2n) is 4.12. The number of rotatable bonds is 1. The molecule has 3 heterocycles. The van der Waals surface area contributed by atoms with Crippen LogP contribution in [0.1, 0.15) is 18.9 Å². The highest BCUT2D eigenvalue weighted by Crippen LogP contribution is 2.39. The van der Waals surface area contributed by atoms with E-state index in [1.807, 2.05) is 13.8 Å².